The number of hydrogen-bond acceptors (Lipinski definition) is 3. The average molecular weight is 392 g/mol. The normalized spacial score (nSPS) is 20.1. The first-order chi connectivity index (χ1) is 12.2. The zero-order valence-corrected chi connectivity index (χ0v) is 17.8. The first kappa shape index (κ1) is 19.6. The molecule has 0 aliphatic carbocycles. The molecule has 1 aromatic carbocycles. The van der Waals surface area contributed by atoms with Gasteiger partial charge in [-0.2, -0.15) is 4.31 Å². The van der Waals surface area contributed by atoms with E-state index in [1.165, 1.54) is 10.4 Å². The van der Waals surface area contributed by atoms with Crippen LogP contribution in [0.3, 0.4) is 0 Å². The van der Waals surface area contributed by atoms with Crippen molar-refractivity contribution in [3.63, 3.8) is 0 Å². The van der Waals surface area contributed by atoms with Crippen LogP contribution in [0, 0.1) is 6.92 Å². The summed E-state index contributed by atoms with van der Waals surface area (Å²) < 4.78 is 28.7. The van der Waals surface area contributed by atoms with Gasteiger partial charge < -0.3 is 0 Å². The zero-order chi connectivity index (χ0) is 18.9. The Hall–Kier alpha value is -1.17. The van der Waals surface area contributed by atoms with Crippen LogP contribution in [0.2, 0.25) is 0 Å². The largest absolute Gasteiger partial charge is 0.243 e. The Morgan fingerprint density at radius 3 is 2.31 bits per heavy atom. The second-order valence-electron chi connectivity index (χ2n) is 8.22. The second-order valence-corrected chi connectivity index (χ2v) is 11.1. The number of rotatable bonds is 3. The molecule has 26 heavy (non-hydrogen) atoms. The number of thiophene rings is 1. The SMILES string of the molecule is Cc1ccsc1C1CCCCCN1S(=O)(=O)c1ccc(C(C)(C)C)cc1. The molecule has 0 bridgehead atoms. The van der Waals surface area contributed by atoms with E-state index < -0.39 is 10.0 Å². The maximum Gasteiger partial charge on any atom is 0.243 e. The van der Waals surface area contributed by atoms with E-state index in [4.69, 9.17) is 0 Å². The number of benzene rings is 1. The average Bonchev–Trinajstić information content (AvgIpc) is 2.86. The van der Waals surface area contributed by atoms with Gasteiger partial charge in [0.15, 0.2) is 0 Å². The van der Waals surface area contributed by atoms with E-state index in [0.717, 1.165) is 31.2 Å². The molecule has 5 heteroatoms. The van der Waals surface area contributed by atoms with Gasteiger partial charge in [-0.3, -0.25) is 0 Å². The molecule has 1 fully saturated rings. The summed E-state index contributed by atoms with van der Waals surface area (Å²) in [5.74, 6) is 0. The highest BCUT2D eigenvalue weighted by molar-refractivity contribution is 7.89. The molecule has 3 nitrogen and oxygen atoms in total. The summed E-state index contributed by atoms with van der Waals surface area (Å²) in [6.07, 6.45) is 4.01. The lowest BCUT2D eigenvalue weighted by molar-refractivity contribution is 0.332. The van der Waals surface area contributed by atoms with Crippen molar-refractivity contribution in [2.45, 2.75) is 69.7 Å². The highest BCUT2D eigenvalue weighted by Gasteiger charge is 2.34. The molecule has 1 aliphatic heterocycles. The van der Waals surface area contributed by atoms with Gasteiger partial charge in [-0.1, -0.05) is 45.7 Å². The van der Waals surface area contributed by atoms with E-state index >= 15 is 0 Å². The van der Waals surface area contributed by atoms with Gasteiger partial charge in [-0.15, -0.1) is 11.3 Å². The van der Waals surface area contributed by atoms with E-state index in [0.29, 0.717) is 11.4 Å². The molecule has 2 heterocycles. The summed E-state index contributed by atoms with van der Waals surface area (Å²) in [4.78, 5) is 1.60. The van der Waals surface area contributed by atoms with Crippen molar-refractivity contribution in [1.82, 2.24) is 4.31 Å². The maximum atomic E-state index is 13.4. The van der Waals surface area contributed by atoms with Gasteiger partial charge in [0.2, 0.25) is 10.0 Å². The Balaban J connectivity index is 1.98. The van der Waals surface area contributed by atoms with E-state index in [1.807, 2.05) is 12.1 Å². The van der Waals surface area contributed by atoms with Crippen LogP contribution < -0.4 is 0 Å². The fourth-order valence-corrected chi connectivity index (χ4v) is 6.43. The predicted molar refractivity (Wildman–Crippen MR) is 109 cm³/mol. The summed E-state index contributed by atoms with van der Waals surface area (Å²) in [5, 5.41) is 2.07. The molecular formula is C21H29NO2S2. The lowest BCUT2D eigenvalue weighted by Gasteiger charge is -2.29. The van der Waals surface area contributed by atoms with Gasteiger partial charge in [-0.05, 0) is 59.9 Å². The summed E-state index contributed by atoms with van der Waals surface area (Å²) in [6, 6.07) is 9.52. The molecule has 142 valence electrons. The quantitative estimate of drug-likeness (QED) is 0.677. The Bertz CT molecular complexity index is 845. The van der Waals surface area contributed by atoms with E-state index in [-0.39, 0.29) is 11.5 Å². The first-order valence-electron chi connectivity index (χ1n) is 9.37. The molecular weight excluding hydrogens is 362 g/mol. The first-order valence-corrected chi connectivity index (χ1v) is 11.7. The lowest BCUT2D eigenvalue weighted by atomic mass is 9.87. The number of nitrogens with zero attached hydrogens (tertiary/aromatic N) is 1. The maximum absolute atomic E-state index is 13.4. The molecule has 0 spiro atoms. The minimum atomic E-state index is -3.50. The number of aryl methyl sites for hydroxylation is 1. The summed E-state index contributed by atoms with van der Waals surface area (Å²) in [6.45, 7) is 9.10. The molecule has 1 aromatic heterocycles. The van der Waals surface area contributed by atoms with Crippen molar-refractivity contribution in [1.29, 1.82) is 0 Å². The minimum absolute atomic E-state index is 0.0154. The van der Waals surface area contributed by atoms with Crippen LogP contribution in [0.25, 0.3) is 0 Å². The van der Waals surface area contributed by atoms with Gasteiger partial charge in [0.1, 0.15) is 0 Å². The van der Waals surface area contributed by atoms with Gasteiger partial charge in [-0.25, -0.2) is 8.42 Å². The highest BCUT2D eigenvalue weighted by atomic mass is 32.2. The van der Waals surface area contributed by atoms with E-state index in [9.17, 15) is 8.42 Å². The Morgan fingerprint density at radius 2 is 1.73 bits per heavy atom. The fraction of sp³-hybridized carbons (Fsp3) is 0.524. The third kappa shape index (κ3) is 3.90. The Labute approximate surface area is 162 Å². The molecule has 0 N–H and O–H groups in total. The van der Waals surface area contributed by atoms with Crippen LogP contribution in [0.4, 0.5) is 0 Å². The van der Waals surface area contributed by atoms with Crippen molar-refractivity contribution in [2.75, 3.05) is 6.54 Å². The lowest BCUT2D eigenvalue weighted by Crippen LogP contribution is -2.34. The van der Waals surface area contributed by atoms with E-state index in [2.05, 4.69) is 39.1 Å². The van der Waals surface area contributed by atoms with Crippen LogP contribution >= 0.6 is 11.3 Å². The Kier molecular flexibility index (Phi) is 5.61. The van der Waals surface area contributed by atoms with Crippen LogP contribution in [-0.4, -0.2) is 19.3 Å². The molecule has 3 rings (SSSR count). The summed E-state index contributed by atoms with van der Waals surface area (Å²) in [7, 11) is -3.50. The highest BCUT2D eigenvalue weighted by Crippen LogP contribution is 2.38. The summed E-state index contributed by atoms with van der Waals surface area (Å²) >= 11 is 1.68. The van der Waals surface area contributed by atoms with Crippen molar-refractivity contribution in [2.24, 2.45) is 0 Å². The molecule has 1 aliphatic rings. The molecule has 2 aromatic rings. The van der Waals surface area contributed by atoms with Crippen LogP contribution in [0.1, 0.15) is 68.5 Å². The van der Waals surface area contributed by atoms with Gasteiger partial charge in [0, 0.05) is 11.4 Å². The third-order valence-corrected chi connectivity index (χ3v) is 8.28. The number of hydrogen-bond donors (Lipinski definition) is 0. The topological polar surface area (TPSA) is 37.4 Å². The van der Waals surface area contributed by atoms with Gasteiger partial charge in [0.05, 0.1) is 10.9 Å². The van der Waals surface area contributed by atoms with Crippen LogP contribution in [-0.2, 0) is 15.4 Å². The smallest absolute Gasteiger partial charge is 0.207 e. The fourth-order valence-electron chi connectivity index (χ4n) is 3.62. The summed E-state index contributed by atoms with van der Waals surface area (Å²) in [5.41, 5.74) is 2.37. The minimum Gasteiger partial charge on any atom is -0.207 e. The molecule has 0 radical (unpaired) electrons. The molecule has 1 saturated heterocycles. The van der Waals surface area contributed by atoms with Gasteiger partial charge >= 0.3 is 0 Å². The molecule has 1 atom stereocenters. The van der Waals surface area contributed by atoms with Crippen molar-refractivity contribution in [3.05, 3.63) is 51.7 Å². The molecule has 0 amide bonds. The zero-order valence-electron chi connectivity index (χ0n) is 16.2. The third-order valence-electron chi connectivity index (χ3n) is 5.23. The van der Waals surface area contributed by atoms with Crippen molar-refractivity contribution < 1.29 is 8.42 Å². The second kappa shape index (κ2) is 7.45. The standard InChI is InChI=1S/C21H29NO2S2/c1-16-13-15-25-20(16)19-8-6-5-7-14-22(19)26(23,24)18-11-9-17(10-12-18)21(2,3)4/h9-13,15,19H,5-8,14H2,1-4H3. The van der Waals surface area contributed by atoms with Gasteiger partial charge in [0.25, 0.3) is 0 Å². The molecule has 1 unspecified atom stereocenters. The van der Waals surface area contributed by atoms with Crippen LogP contribution in [0.5, 0.6) is 0 Å². The predicted octanol–water partition coefficient (Wildman–Crippen LogP) is 5.66. The Morgan fingerprint density at radius 1 is 1.04 bits per heavy atom. The molecule has 0 saturated carbocycles. The van der Waals surface area contributed by atoms with E-state index in [1.54, 1.807) is 27.8 Å². The monoisotopic (exact) mass is 391 g/mol. The van der Waals surface area contributed by atoms with Crippen molar-refractivity contribution in [3.8, 4) is 0 Å². The number of sulfonamides is 1. The van der Waals surface area contributed by atoms with Crippen molar-refractivity contribution >= 4 is 21.4 Å². The van der Waals surface area contributed by atoms with Crippen LogP contribution in [0.15, 0.2) is 40.6 Å².